The zero-order valence-corrected chi connectivity index (χ0v) is 9.94. The lowest BCUT2D eigenvalue weighted by Crippen LogP contribution is -2.45. The van der Waals surface area contributed by atoms with E-state index >= 15 is 0 Å². The minimum Gasteiger partial charge on any atom is -0.298 e. The second kappa shape index (κ2) is 4.92. The van der Waals surface area contributed by atoms with E-state index in [4.69, 9.17) is 0 Å². The van der Waals surface area contributed by atoms with Crippen LogP contribution in [0.4, 0.5) is 0 Å². The Morgan fingerprint density at radius 2 is 0.944 bits per heavy atom. The predicted octanol–water partition coefficient (Wildman–Crippen LogP) is 0.432. The third kappa shape index (κ3) is 2.17. The lowest BCUT2D eigenvalue weighted by Gasteiger charge is -2.24. The fourth-order valence-electron chi connectivity index (χ4n) is 2.61. The van der Waals surface area contributed by atoms with Crippen LogP contribution < -0.4 is 0 Å². The van der Waals surface area contributed by atoms with Crippen molar-refractivity contribution in [3.8, 4) is 0 Å². The summed E-state index contributed by atoms with van der Waals surface area (Å²) in [6.07, 6.45) is 1.62. The minimum absolute atomic E-state index is 0.178. The number of Topliss-reactive ketones (excluding diaryl/α,β-unsaturated/α-hetero) is 5. The maximum atomic E-state index is 12.1. The van der Waals surface area contributed by atoms with E-state index in [1.54, 1.807) is 0 Å². The summed E-state index contributed by atoms with van der Waals surface area (Å²) in [6, 6.07) is 0. The van der Waals surface area contributed by atoms with Crippen LogP contribution in [0.15, 0.2) is 0 Å². The molecule has 18 heavy (non-hydrogen) atoms. The molecule has 0 unspecified atom stereocenters. The normalized spacial score (nSPS) is 23.6. The number of rotatable bonds is 2. The lowest BCUT2D eigenvalue weighted by atomic mass is 9.74. The van der Waals surface area contributed by atoms with Crippen molar-refractivity contribution >= 4 is 28.9 Å². The molecule has 0 atom stereocenters. The summed E-state index contributed by atoms with van der Waals surface area (Å²) in [4.78, 5) is 58.7. The Morgan fingerprint density at radius 3 is 1.22 bits per heavy atom. The molecule has 2 aliphatic carbocycles. The highest BCUT2D eigenvalue weighted by atomic mass is 16.2. The Hall–Kier alpha value is -1.65. The third-order valence-electron chi connectivity index (χ3n) is 3.55. The van der Waals surface area contributed by atoms with Crippen molar-refractivity contribution in [2.45, 2.75) is 38.5 Å². The van der Waals surface area contributed by atoms with Crippen LogP contribution in [0.3, 0.4) is 0 Å². The molecule has 0 N–H and O–H groups in total. The smallest absolute Gasteiger partial charge is 0.168 e. The van der Waals surface area contributed by atoms with Crippen molar-refractivity contribution in [1.29, 1.82) is 0 Å². The maximum Gasteiger partial charge on any atom is 0.168 e. The van der Waals surface area contributed by atoms with Crippen molar-refractivity contribution in [2.24, 2.45) is 11.8 Å². The molecule has 96 valence electrons. The molecule has 0 bridgehead atoms. The van der Waals surface area contributed by atoms with Crippen molar-refractivity contribution in [1.82, 2.24) is 0 Å². The van der Waals surface area contributed by atoms with Crippen LogP contribution in [-0.2, 0) is 24.0 Å². The number of ketones is 5. The molecule has 0 radical (unpaired) electrons. The van der Waals surface area contributed by atoms with Crippen LogP contribution in [0.5, 0.6) is 0 Å². The van der Waals surface area contributed by atoms with E-state index in [0.717, 1.165) is 0 Å². The van der Waals surface area contributed by atoms with Gasteiger partial charge in [0.2, 0.25) is 0 Å². The summed E-state index contributed by atoms with van der Waals surface area (Å²) >= 11 is 0. The van der Waals surface area contributed by atoms with Gasteiger partial charge >= 0.3 is 0 Å². The Balaban J connectivity index is 2.23. The topological polar surface area (TPSA) is 85.3 Å². The first-order chi connectivity index (χ1) is 8.52. The van der Waals surface area contributed by atoms with Crippen LogP contribution in [0.1, 0.15) is 38.5 Å². The molecular formula is C13H14O5. The molecule has 0 aromatic carbocycles. The first-order valence-electron chi connectivity index (χ1n) is 6.17. The quantitative estimate of drug-likeness (QED) is 0.663. The second-order valence-corrected chi connectivity index (χ2v) is 4.84. The van der Waals surface area contributed by atoms with Gasteiger partial charge in [0.1, 0.15) is 11.8 Å². The molecule has 0 spiro atoms. The second-order valence-electron chi connectivity index (χ2n) is 4.84. The monoisotopic (exact) mass is 250 g/mol. The third-order valence-corrected chi connectivity index (χ3v) is 3.55. The average molecular weight is 250 g/mol. The summed E-state index contributed by atoms with van der Waals surface area (Å²) in [5.41, 5.74) is 0. The zero-order valence-electron chi connectivity index (χ0n) is 9.94. The molecule has 2 fully saturated rings. The SMILES string of the molecule is O=C1CCCC(=O)C1C(=O)C1C(=O)CCCC1=O. The lowest BCUT2D eigenvalue weighted by molar-refractivity contribution is -0.148. The average Bonchev–Trinajstić information content (AvgIpc) is 2.28. The van der Waals surface area contributed by atoms with E-state index in [2.05, 4.69) is 0 Å². The predicted molar refractivity (Wildman–Crippen MR) is 59.7 cm³/mol. The summed E-state index contributed by atoms with van der Waals surface area (Å²) in [6.45, 7) is 0. The van der Waals surface area contributed by atoms with Crippen LogP contribution in [0, 0.1) is 11.8 Å². The van der Waals surface area contributed by atoms with E-state index in [1.807, 2.05) is 0 Å². The Kier molecular flexibility index (Phi) is 3.50. The number of hydrogen-bond donors (Lipinski definition) is 0. The maximum absolute atomic E-state index is 12.1. The van der Waals surface area contributed by atoms with Gasteiger partial charge in [-0.05, 0) is 12.8 Å². The summed E-state index contributed by atoms with van der Waals surface area (Å²) in [5, 5.41) is 0. The molecular weight excluding hydrogens is 236 g/mol. The van der Waals surface area contributed by atoms with Gasteiger partial charge in [0, 0.05) is 25.7 Å². The highest BCUT2D eigenvalue weighted by molar-refractivity contribution is 6.30. The van der Waals surface area contributed by atoms with Crippen LogP contribution in [0.25, 0.3) is 0 Å². The molecule has 0 amide bonds. The van der Waals surface area contributed by atoms with Crippen molar-refractivity contribution in [3.05, 3.63) is 0 Å². The van der Waals surface area contributed by atoms with Gasteiger partial charge < -0.3 is 0 Å². The zero-order chi connectivity index (χ0) is 13.3. The minimum atomic E-state index is -1.37. The van der Waals surface area contributed by atoms with Gasteiger partial charge in [-0.1, -0.05) is 0 Å². The molecule has 0 aromatic rings. The number of carbonyl (C=O) groups excluding carboxylic acids is 5. The van der Waals surface area contributed by atoms with Crippen molar-refractivity contribution < 1.29 is 24.0 Å². The van der Waals surface area contributed by atoms with Crippen LogP contribution in [-0.4, -0.2) is 28.9 Å². The Bertz CT molecular complexity index is 376. The van der Waals surface area contributed by atoms with Crippen molar-refractivity contribution in [2.75, 3.05) is 0 Å². The standard InChI is InChI=1S/C13H14O5/c14-7-3-1-4-8(15)11(7)13(18)12-9(16)5-2-6-10(12)17/h11-12H,1-6H2. The fraction of sp³-hybridized carbons (Fsp3) is 0.615. The fourth-order valence-corrected chi connectivity index (χ4v) is 2.61. The largest absolute Gasteiger partial charge is 0.298 e. The molecule has 0 saturated heterocycles. The summed E-state index contributed by atoms with van der Waals surface area (Å²) in [7, 11) is 0. The van der Waals surface area contributed by atoms with E-state index < -0.39 is 40.8 Å². The Labute approximate surface area is 104 Å². The molecule has 2 rings (SSSR count). The molecule has 0 heterocycles. The summed E-state index contributed by atoms with van der Waals surface area (Å²) < 4.78 is 0. The highest BCUT2D eigenvalue weighted by Gasteiger charge is 2.45. The number of hydrogen-bond acceptors (Lipinski definition) is 5. The van der Waals surface area contributed by atoms with Gasteiger partial charge in [0.25, 0.3) is 0 Å². The van der Waals surface area contributed by atoms with E-state index in [1.165, 1.54) is 0 Å². The van der Waals surface area contributed by atoms with Gasteiger partial charge in [0.15, 0.2) is 28.9 Å². The van der Waals surface area contributed by atoms with Crippen LogP contribution in [0.2, 0.25) is 0 Å². The van der Waals surface area contributed by atoms with Crippen molar-refractivity contribution in [3.63, 3.8) is 0 Å². The first kappa shape index (κ1) is 12.8. The van der Waals surface area contributed by atoms with Crippen LogP contribution >= 0.6 is 0 Å². The summed E-state index contributed by atoms with van der Waals surface area (Å²) in [5.74, 6) is -5.28. The Morgan fingerprint density at radius 1 is 0.667 bits per heavy atom. The van der Waals surface area contributed by atoms with Gasteiger partial charge in [-0.15, -0.1) is 0 Å². The molecule has 5 heteroatoms. The van der Waals surface area contributed by atoms with Gasteiger partial charge in [-0.2, -0.15) is 0 Å². The van der Waals surface area contributed by atoms with Gasteiger partial charge in [0.05, 0.1) is 0 Å². The first-order valence-corrected chi connectivity index (χ1v) is 6.17. The van der Waals surface area contributed by atoms with E-state index in [9.17, 15) is 24.0 Å². The van der Waals surface area contributed by atoms with Gasteiger partial charge in [-0.25, -0.2) is 0 Å². The molecule has 0 aliphatic heterocycles. The molecule has 0 aromatic heterocycles. The molecule has 5 nitrogen and oxygen atoms in total. The van der Waals surface area contributed by atoms with E-state index in [-0.39, 0.29) is 25.7 Å². The van der Waals surface area contributed by atoms with E-state index in [0.29, 0.717) is 12.8 Å². The molecule has 2 saturated carbocycles. The number of carbonyl (C=O) groups is 5. The van der Waals surface area contributed by atoms with Gasteiger partial charge in [-0.3, -0.25) is 24.0 Å². The molecule has 2 aliphatic rings. The highest BCUT2D eigenvalue weighted by Crippen LogP contribution is 2.26.